The van der Waals surface area contributed by atoms with Crippen molar-refractivity contribution in [1.29, 1.82) is 0 Å². The molecule has 0 unspecified atom stereocenters. The second-order valence-electron chi connectivity index (χ2n) is 6.99. The van der Waals surface area contributed by atoms with E-state index < -0.39 is 0 Å². The fourth-order valence-corrected chi connectivity index (χ4v) is 4.50. The van der Waals surface area contributed by atoms with Crippen molar-refractivity contribution in [2.75, 3.05) is 0 Å². The molecule has 10 radical (unpaired) electrons. The number of hydrogen-bond donors (Lipinski definition) is 0. The second-order valence-corrected chi connectivity index (χ2v) is 6.99. The van der Waals surface area contributed by atoms with Crippen molar-refractivity contribution in [3.8, 4) is 0 Å². The monoisotopic (exact) mass is 278 g/mol. The van der Waals surface area contributed by atoms with Crippen LogP contribution in [-0.2, 0) is 0 Å². The van der Waals surface area contributed by atoms with Gasteiger partial charge in [0.2, 0.25) is 0 Å². The van der Waals surface area contributed by atoms with Crippen molar-refractivity contribution in [2.45, 2.75) is 70.6 Å². The maximum atomic E-state index is 2.41. The third-order valence-electron chi connectivity index (χ3n) is 5.66. The Balaban J connectivity index is 1.23. The molecule has 0 aromatic carbocycles. The summed E-state index contributed by atoms with van der Waals surface area (Å²) < 4.78 is 0. The molecule has 0 amide bonds. The zero-order chi connectivity index (χ0) is 14.1. The van der Waals surface area contributed by atoms with E-state index in [4.69, 9.17) is 0 Å². The summed E-state index contributed by atoms with van der Waals surface area (Å²) in [6, 6.07) is 0. The summed E-state index contributed by atoms with van der Waals surface area (Å²) in [5, 5.41) is 0. The molecule has 0 aliphatic heterocycles. The van der Waals surface area contributed by atoms with E-state index in [1.807, 2.05) is 0 Å². The molecule has 0 saturated heterocycles. The first-order valence-electron chi connectivity index (χ1n) is 8.94. The Kier molecular flexibility index (Phi) is 4.60. The molecular weight excluding hydrogens is 252 g/mol. The minimum Gasteiger partial charge on any atom is -0.0527 e. The quantitative estimate of drug-likeness (QED) is 0.628. The van der Waals surface area contributed by atoms with E-state index in [9.17, 15) is 0 Å². The predicted molar refractivity (Wildman–Crippen MR) is 87.4 cm³/mol. The standard InChI is InChI=1S/C21H26/c1-3-10-20-16(6-1)12-14-18(20)8-5-9-19-15-13-17-7-2-4-11-21(17)19/h12-15H,1-11H2. The maximum absolute atomic E-state index is 2.41. The van der Waals surface area contributed by atoms with Gasteiger partial charge in [-0.2, -0.15) is 0 Å². The molecule has 4 saturated carbocycles. The average molecular weight is 278 g/mol. The topological polar surface area (TPSA) is 0 Å². The molecule has 110 valence electrons. The summed E-state index contributed by atoms with van der Waals surface area (Å²) in [6.07, 6.45) is 24.4. The highest BCUT2D eigenvalue weighted by Crippen LogP contribution is 2.53. The zero-order valence-corrected chi connectivity index (χ0v) is 13.1. The molecule has 0 bridgehead atoms. The number of hydrogen-bond acceptors (Lipinski definition) is 0. The first kappa shape index (κ1) is 14.6. The van der Waals surface area contributed by atoms with Crippen LogP contribution in [-0.4, -0.2) is 0 Å². The highest BCUT2D eigenvalue weighted by atomic mass is 14.4. The van der Waals surface area contributed by atoms with Gasteiger partial charge in [0.1, 0.15) is 0 Å². The van der Waals surface area contributed by atoms with Gasteiger partial charge in [0, 0.05) is 0 Å². The first-order chi connectivity index (χ1) is 10.4. The largest absolute Gasteiger partial charge is 0.0527 e. The van der Waals surface area contributed by atoms with E-state index >= 15 is 0 Å². The molecule has 4 aliphatic carbocycles. The van der Waals surface area contributed by atoms with E-state index in [1.54, 1.807) is 35.5 Å². The van der Waals surface area contributed by atoms with Crippen LogP contribution in [0.25, 0.3) is 0 Å². The lowest BCUT2D eigenvalue weighted by Gasteiger charge is -2.29. The van der Waals surface area contributed by atoms with Crippen LogP contribution in [0.3, 0.4) is 0 Å². The molecule has 21 heavy (non-hydrogen) atoms. The van der Waals surface area contributed by atoms with Crippen LogP contribution in [0.2, 0.25) is 0 Å². The molecule has 0 spiro atoms. The van der Waals surface area contributed by atoms with E-state index in [1.165, 1.54) is 70.6 Å². The van der Waals surface area contributed by atoms with E-state index in [2.05, 4.69) is 25.7 Å². The predicted octanol–water partition coefficient (Wildman–Crippen LogP) is 5.60. The van der Waals surface area contributed by atoms with Crippen molar-refractivity contribution in [3.05, 3.63) is 61.2 Å². The highest BCUT2D eigenvalue weighted by molar-refractivity contribution is 5.53. The van der Waals surface area contributed by atoms with Crippen molar-refractivity contribution >= 4 is 0 Å². The fourth-order valence-electron chi connectivity index (χ4n) is 4.50. The van der Waals surface area contributed by atoms with Gasteiger partial charge in [-0.1, -0.05) is 32.1 Å². The zero-order valence-electron chi connectivity index (χ0n) is 13.1. The van der Waals surface area contributed by atoms with Crippen molar-refractivity contribution in [2.24, 2.45) is 0 Å². The SMILES string of the molecule is [CH]1[CH][C](CCC[C]2[CH][CH][C]3CCCC[C]32)[C]2CCCC[C]12. The molecule has 0 aromatic rings. The van der Waals surface area contributed by atoms with Gasteiger partial charge >= 0.3 is 0 Å². The maximum Gasteiger partial charge on any atom is -0.00998 e. The molecule has 4 rings (SSSR count). The molecule has 4 aliphatic rings. The Morgan fingerprint density at radius 3 is 1.57 bits per heavy atom. The summed E-state index contributed by atoms with van der Waals surface area (Å²) >= 11 is 0. The molecule has 0 atom stereocenters. The van der Waals surface area contributed by atoms with Crippen LogP contribution in [0.5, 0.6) is 0 Å². The molecule has 4 fully saturated rings. The highest BCUT2D eigenvalue weighted by Gasteiger charge is 2.40. The van der Waals surface area contributed by atoms with Crippen LogP contribution in [0.1, 0.15) is 70.6 Å². The number of rotatable bonds is 4. The van der Waals surface area contributed by atoms with Crippen LogP contribution >= 0.6 is 0 Å². The molecule has 0 N–H and O–H groups in total. The lowest BCUT2D eigenvalue weighted by Crippen LogP contribution is -2.16. The minimum atomic E-state index is 1.29. The Morgan fingerprint density at radius 1 is 0.571 bits per heavy atom. The Bertz CT molecular complexity index is 301. The van der Waals surface area contributed by atoms with Gasteiger partial charge in [0.05, 0.1) is 0 Å². The third kappa shape index (κ3) is 3.06. The third-order valence-corrected chi connectivity index (χ3v) is 5.66. The van der Waals surface area contributed by atoms with Crippen LogP contribution in [0, 0.1) is 61.2 Å². The van der Waals surface area contributed by atoms with Gasteiger partial charge in [-0.25, -0.2) is 0 Å². The molecule has 0 heterocycles. The van der Waals surface area contributed by atoms with Crippen molar-refractivity contribution < 1.29 is 0 Å². The van der Waals surface area contributed by atoms with Gasteiger partial charge in [-0.3, -0.25) is 0 Å². The Morgan fingerprint density at radius 2 is 1.05 bits per heavy atom. The fraction of sp³-hybridized carbons (Fsp3) is 0.524. The second kappa shape index (κ2) is 6.63. The summed E-state index contributed by atoms with van der Waals surface area (Å²) in [4.78, 5) is 0. The van der Waals surface area contributed by atoms with Crippen molar-refractivity contribution in [3.63, 3.8) is 0 Å². The lowest BCUT2D eigenvalue weighted by atomic mass is 9.75. The van der Waals surface area contributed by atoms with Crippen LogP contribution in [0.15, 0.2) is 0 Å². The van der Waals surface area contributed by atoms with Crippen molar-refractivity contribution in [1.82, 2.24) is 0 Å². The minimum absolute atomic E-state index is 1.29. The average Bonchev–Trinajstić information content (AvgIpc) is 3.13. The Hall–Kier alpha value is 0. The van der Waals surface area contributed by atoms with Crippen LogP contribution < -0.4 is 0 Å². The molecular formula is C21H26. The lowest BCUT2D eigenvalue weighted by molar-refractivity contribution is 0.563. The first-order valence-corrected chi connectivity index (χ1v) is 8.94. The summed E-state index contributed by atoms with van der Waals surface area (Å²) in [6.45, 7) is 0. The summed E-state index contributed by atoms with van der Waals surface area (Å²) in [5.41, 5.74) is 0. The smallest absolute Gasteiger partial charge is 0.00998 e. The number of fused-ring (bicyclic) bond motifs is 2. The van der Waals surface area contributed by atoms with Gasteiger partial charge in [-0.05, 0) is 99.7 Å². The van der Waals surface area contributed by atoms with Gasteiger partial charge < -0.3 is 0 Å². The summed E-state index contributed by atoms with van der Waals surface area (Å²) in [7, 11) is 0. The molecule has 0 aromatic heterocycles. The van der Waals surface area contributed by atoms with E-state index in [0.29, 0.717) is 0 Å². The summed E-state index contributed by atoms with van der Waals surface area (Å²) in [5.74, 6) is 10.1. The Labute approximate surface area is 132 Å². The van der Waals surface area contributed by atoms with E-state index in [-0.39, 0.29) is 0 Å². The van der Waals surface area contributed by atoms with Gasteiger partial charge in [0.15, 0.2) is 0 Å². The van der Waals surface area contributed by atoms with E-state index in [0.717, 1.165) is 0 Å². The molecule has 0 heteroatoms. The van der Waals surface area contributed by atoms with Crippen LogP contribution in [0.4, 0.5) is 0 Å². The van der Waals surface area contributed by atoms with Gasteiger partial charge in [0.25, 0.3) is 0 Å². The normalized spacial score (nSPS) is 30.9. The molecule has 0 nitrogen and oxygen atoms in total. The van der Waals surface area contributed by atoms with Gasteiger partial charge in [-0.15, -0.1) is 0 Å².